The summed E-state index contributed by atoms with van der Waals surface area (Å²) in [6.45, 7) is 2.30. The lowest BCUT2D eigenvalue weighted by Crippen LogP contribution is -2.58. The van der Waals surface area contributed by atoms with Crippen LogP contribution in [0.3, 0.4) is 0 Å². The Balaban J connectivity index is 1.94. The predicted molar refractivity (Wildman–Crippen MR) is 102 cm³/mol. The Labute approximate surface area is 157 Å². The normalized spacial score (nSPS) is 18.4. The van der Waals surface area contributed by atoms with Crippen LogP contribution < -0.4 is 15.6 Å². The van der Waals surface area contributed by atoms with Gasteiger partial charge in [-0.2, -0.15) is 5.10 Å². The number of amides is 1. The fourth-order valence-corrected chi connectivity index (χ4v) is 2.57. The van der Waals surface area contributed by atoms with Gasteiger partial charge >= 0.3 is 0 Å². The lowest BCUT2D eigenvalue weighted by Gasteiger charge is -2.31. The van der Waals surface area contributed by atoms with E-state index < -0.39 is 23.8 Å². The second kappa shape index (κ2) is 9.29. The molecular formula is C17H25ClN4O4. The minimum absolute atomic E-state index is 0.347. The summed E-state index contributed by atoms with van der Waals surface area (Å²) in [5.41, 5.74) is -0.841. The van der Waals surface area contributed by atoms with E-state index in [9.17, 15) is 20.1 Å². The number of nitrogens with zero attached hydrogens (tertiary/aromatic N) is 2. The number of anilines is 2. The largest absolute Gasteiger partial charge is 0.385 e. The van der Waals surface area contributed by atoms with Gasteiger partial charge in [0.25, 0.3) is 5.91 Å². The highest BCUT2D eigenvalue weighted by Gasteiger charge is 2.42. The van der Waals surface area contributed by atoms with Crippen LogP contribution in [0.15, 0.2) is 29.4 Å². The van der Waals surface area contributed by atoms with Gasteiger partial charge in [0.2, 0.25) is 0 Å². The summed E-state index contributed by atoms with van der Waals surface area (Å²) < 4.78 is 0. The molecule has 26 heavy (non-hydrogen) atoms. The maximum absolute atomic E-state index is 12.3. The second-order valence-electron chi connectivity index (χ2n) is 6.24. The van der Waals surface area contributed by atoms with Crippen molar-refractivity contribution >= 4 is 35.1 Å². The molecular weight excluding hydrogens is 360 g/mol. The Morgan fingerprint density at radius 3 is 2.65 bits per heavy atom. The first kappa shape index (κ1) is 20.6. The zero-order valence-corrected chi connectivity index (χ0v) is 15.4. The van der Waals surface area contributed by atoms with Crippen LogP contribution in [0.4, 0.5) is 11.4 Å². The number of hydrazone groups is 1. The summed E-state index contributed by atoms with van der Waals surface area (Å²) in [6, 6.07) is 6.95. The first-order chi connectivity index (χ1) is 12.4. The van der Waals surface area contributed by atoms with Crippen molar-refractivity contribution in [1.82, 2.24) is 5.32 Å². The molecule has 144 valence electrons. The van der Waals surface area contributed by atoms with Crippen LogP contribution in [0.2, 0.25) is 0 Å². The first-order valence-corrected chi connectivity index (χ1v) is 8.99. The number of rotatable bonds is 9. The van der Waals surface area contributed by atoms with Crippen LogP contribution in [0, 0.1) is 0 Å². The van der Waals surface area contributed by atoms with Gasteiger partial charge in [0.1, 0.15) is 12.3 Å². The fraction of sp³-hybridized carbons (Fsp3) is 0.529. The number of nitrogens with one attached hydrogen (secondary N) is 2. The number of aliphatic hydroxyl groups excluding tert-OH is 2. The van der Waals surface area contributed by atoms with E-state index in [1.165, 1.54) is 0 Å². The molecule has 2 unspecified atom stereocenters. The Hall–Kier alpha value is -1.71. The third-order valence-corrected chi connectivity index (χ3v) is 4.38. The number of carbonyl (C=O) groups is 1. The first-order valence-electron chi connectivity index (χ1n) is 8.45. The number of alkyl halides is 1. The maximum atomic E-state index is 12.3. The van der Waals surface area contributed by atoms with Crippen molar-refractivity contribution in [2.75, 3.05) is 29.3 Å². The number of halogens is 1. The van der Waals surface area contributed by atoms with E-state index in [-0.39, 0.29) is 0 Å². The standard InChI is InChI=1S/C17H25ClN4O4/c1-17(26,14(23)15(24)19-9-2-8-18)16(25)21-12-4-6-13(7-5-12)22-11-3-10-20-22/h4-7,10,14-15,19,23-24,26H,2-3,8-9,11H2,1H3,(H,21,25)/t14-,15?,17?/m0/s1. The molecule has 3 atom stereocenters. The van der Waals surface area contributed by atoms with Crippen molar-refractivity contribution in [3.63, 3.8) is 0 Å². The summed E-state index contributed by atoms with van der Waals surface area (Å²) in [4.78, 5) is 12.3. The molecule has 5 N–H and O–H groups in total. The van der Waals surface area contributed by atoms with Gasteiger partial charge in [-0.25, -0.2) is 0 Å². The number of aliphatic hydroxyl groups is 3. The molecule has 0 spiro atoms. The van der Waals surface area contributed by atoms with Gasteiger partial charge in [0.05, 0.1) is 5.69 Å². The molecule has 8 nitrogen and oxygen atoms in total. The van der Waals surface area contributed by atoms with Gasteiger partial charge in [0, 0.05) is 30.7 Å². The van der Waals surface area contributed by atoms with Gasteiger partial charge in [-0.3, -0.25) is 15.1 Å². The molecule has 0 saturated carbocycles. The van der Waals surface area contributed by atoms with Crippen molar-refractivity contribution < 1.29 is 20.1 Å². The lowest BCUT2D eigenvalue weighted by atomic mass is 9.96. The molecule has 2 rings (SSSR count). The molecule has 1 aliphatic rings. The Morgan fingerprint density at radius 1 is 1.38 bits per heavy atom. The van der Waals surface area contributed by atoms with Gasteiger partial charge in [-0.15, -0.1) is 11.6 Å². The van der Waals surface area contributed by atoms with Crippen molar-refractivity contribution in [3.05, 3.63) is 24.3 Å². The minimum atomic E-state index is -2.19. The van der Waals surface area contributed by atoms with E-state index in [0.29, 0.717) is 24.5 Å². The summed E-state index contributed by atoms with van der Waals surface area (Å²) in [5.74, 6) is -0.430. The average Bonchev–Trinajstić information content (AvgIpc) is 3.16. The van der Waals surface area contributed by atoms with E-state index in [4.69, 9.17) is 11.6 Å². The third-order valence-electron chi connectivity index (χ3n) is 4.11. The molecule has 0 aromatic heterocycles. The number of benzene rings is 1. The SMILES string of the molecule is CC(O)(C(=O)Nc1ccc(N2CCC=N2)cc1)[C@@H](O)C(O)NCCCCl. The maximum Gasteiger partial charge on any atom is 0.258 e. The molecule has 0 aliphatic carbocycles. The molecule has 1 amide bonds. The fourth-order valence-electron chi connectivity index (χ4n) is 2.43. The van der Waals surface area contributed by atoms with E-state index in [2.05, 4.69) is 15.7 Å². The average molecular weight is 385 g/mol. The van der Waals surface area contributed by atoms with Crippen LogP contribution in [0.1, 0.15) is 19.8 Å². The van der Waals surface area contributed by atoms with Crippen molar-refractivity contribution in [2.24, 2.45) is 5.10 Å². The summed E-state index contributed by atoms with van der Waals surface area (Å²) in [6.07, 6.45) is 0.124. The Bertz CT molecular complexity index is 624. The van der Waals surface area contributed by atoms with Gasteiger partial charge < -0.3 is 20.6 Å². The van der Waals surface area contributed by atoms with Crippen LogP contribution in [-0.2, 0) is 4.79 Å². The van der Waals surface area contributed by atoms with Crippen LogP contribution in [-0.4, -0.2) is 64.3 Å². The van der Waals surface area contributed by atoms with Crippen molar-refractivity contribution in [3.8, 4) is 0 Å². The molecule has 0 saturated heterocycles. The molecule has 1 aliphatic heterocycles. The molecule has 9 heteroatoms. The highest BCUT2D eigenvalue weighted by Crippen LogP contribution is 2.22. The van der Waals surface area contributed by atoms with Gasteiger partial charge in [-0.1, -0.05) is 0 Å². The highest BCUT2D eigenvalue weighted by molar-refractivity contribution is 6.17. The van der Waals surface area contributed by atoms with Crippen LogP contribution in [0.25, 0.3) is 0 Å². The molecule has 1 heterocycles. The number of hydrogen-bond donors (Lipinski definition) is 5. The van der Waals surface area contributed by atoms with Crippen molar-refractivity contribution in [1.29, 1.82) is 0 Å². The Morgan fingerprint density at radius 2 is 2.08 bits per heavy atom. The lowest BCUT2D eigenvalue weighted by molar-refractivity contribution is -0.157. The minimum Gasteiger partial charge on any atom is -0.385 e. The van der Waals surface area contributed by atoms with E-state index in [0.717, 1.165) is 25.6 Å². The summed E-state index contributed by atoms with van der Waals surface area (Å²) in [5, 5.41) is 41.5. The van der Waals surface area contributed by atoms with Gasteiger partial charge in [-0.05, 0) is 44.2 Å². The number of carbonyl (C=O) groups excluding carboxylic acids is 1. The third kappa shape index (κ3) is 5.15. The number of hydrogen-bond acceptors (Lipinski definition) is 7. The zero-order chi connectivity index (χ0) is 19.2. The smallest absolute Gasteiger partial charge is 0.258 e. The van der Waals surface area contributed by atoms with E-state index >= 15 is 0 Å². The summed E-state index contributed by atoms with van der Waals surface area (Å²) >= 11 is 5.54. The van der Waals surface area contributed by atoms with Crippen molar-refractivity contribution in [2.45, 2.75) is 37.7 Å². The highest BCUT2D eigenvalue weighted by atomic mass is 35.5. The molecule has 0 radical (unpaired) electrons. The zero-order valence-electron chi connectivity index (χ0n) is 14.6. The molecule has 1 aromatic carbocycles. The molecule has 0 fully saturated rings. The second-order valence-corrected chi connectivity index (χ2v) is 6.62. The van der Waals surface area contributed by atoms with E-state index in [1.54, 1.807) is 24.3 Å². The quantitative estimate of drug-likeness (QED) is 0.240. The Kier molecular flexibility index (Phi) is 7.36. The van der Waals surface area contributed by atoms with E-state index in [1.807, 2.05) is 11.2 Å². The predicted octanol–water partition coefficient (Wildman–Crippen LogP) is 0.470. The monoisotopic (exact) mass is 384 g/mol. The van der Waals surface area contributed by atoms with Crippen LogP contribution in [0.5, 0.6) is 0 Å². The summed E-state index contributed by atoms with van der Waals surface area (Å²) in [7, 11) is 0. The topological polar surface area (TPSA) is 117 Å². The molecule has 1 aromatic rings. The molecule has 0 bridgehead atoms. The van der Waals surface area contributed by atoms with Crippen LogP contribution >= 0.6 is 11.6 Å². The van der Waals surface area contributed by atoms with Gasteiger partial charge in [0.15, 0.2) is 5.60 Å².